The molecule has 3 aromatic rings. The second-order valence-corrected chi connectivity index (χ2v) is 6.70. The van der Waals surface area contributed by atoms with Gasteiger partial charge in [-0.3, -0.25) is 0 Å². The van der Waals surface area contributed by atoms with Gasteiger partial charge in [-0.15, -0.1) is 0 Å². The number of aliphatic hydroxyl groups is 1. The number of aliphatic hydroxyl groups excluding tert-OH is 1. The van der Waals surface area contributed by atoms with Crippen molar-refractivity contribution in [1.82, 2.24) is 0 Å². The largest absolute Gasteiger partial charge is 0.490 e. The number of ether oxygens (including phenoxy) is 2. The predicted octanol–water partition coefficient (Wildman–Crippen LogP) is 4.27. The first-order valence-electron chi connectivity index (χ1n) is 9.58. The van der Waals surface area contributed by atoms with E-state index in [0.717, 1.165) is 16.7 Å². The lowest BCUT2D eigenvalue weighted by Gasteiger charge is -2.21. The fraction of sp³-hybridized carbons (Fsp3) is 0.250. The summed E-state index contributed by atoms with van der Waals surface area (Å²) in [5, 5.41) is 10.6. The molecule has 3 rings (SSSR count). The molecule has 0 aromatic heterocycles. The van der Waals surface area contributed by atoms with E-state index in [4.69, 9.17) is 15.2 Å². The van der Waals surface area contributed by atoms with E-state index < -0.39 is 12.1 Å². The molecule has 0 spiro atoms. The van der Waals surface area contributed by atoms with Crippen molar-refractivity contribution < 1.29 is 14.6 Å². The van der Waals surface area contributed by atoms with Crippen LogP contribution in [0.5, 0.6) is 11.5 Å². The molecule has 0 heterocycles. The van der Waals surface area contributed by atoms with E-state index in [1.54, 1.807) is 0 Å². The number of benzene rings is 3. The molecule has 0 aliphatic heterocycles. The van der Waals surface area contributed by atoms with Gasteiger partial charge in [0.2, 0.25) is 0 Å². The van der Waals surface area contributed by atoms with E-state index in [2.05, 4.69) is 0 Å². The Hall–Kier alpha value is -2.82. The highest BCUT2D eigenvalue weighted by molar-refractivity contribution is 5.44. The van der Waals surface area contributed by atoms with Crippen molar-refractivity contribution in [3.8, 4) is 11.5 Å². The Labute approximate surface area is 166 Å². The van der Waals surface area contributed by atoms with Gasteiger partial charge in [0, 0.05) is 6.42 Å². The fourth-order valence-electron chi connectivity index (χ4n) is 3.06. The maximum atomic E-state index is 10.6. The highest BCUT2D eigenvalue weighted by Gasteiger charge is 2.19. The number of rotatable bonds is 9. The summed E-state index contributed by atoms with van der Waals surface area (Å²) >= 11 is 0. The minimum absolute atomic E-state index is 0.461. The van der Waals surface area contributed by atoms with Crippen LogP contribution < -0.4 is 15.2 Å². The number of nitrogens with two attached hydrogens (primary N) is 1. The molecule has 0 saturated carbocycles. The van der Waals surface area contributed by atoms with Crippen LogP contribution in [0.3, 0.4) is 0 Å². The summed E-state index contributed by atoms with van der Waals surface area (Å²) in [7, 11) is 0. The van der Waals surface area contributed by atoms with Crippen molar-refractivity contribution in [1.29, 1.82) is 0 Å². The highest BCUT2D eigenvalue weighted by Crippen LogP contribution is 2.32. The molecule has 2 atom stereocenters. The van der Waals surface area contributed by atoms with Gasteiger partial charge in [0.15, 0.2) is 11.5 Å². The Morgan fingerprint density at radius 3 is 2.11 bits per heavy atom. The molecule has 4 heteroatoms. The molecular formula is C24H27NO3. The van der Waals surface area contributed by atoms with Crippen LogP contribution in [0.25, 0.3) is 0 Å². The van der Waals surface area contributed by atoms with Crippen LogP contribution in [0.1, 0.15) is 29.7 Å². The van der Waals surface area contributed by atoms with Crippen molar-refractivity contribution >= 4 is 0 Å². The van der Waals surface area contributed by atoms with Gasteiger partial charge in [-0.1, -0.05) is 66.7 Å². The summed E-state index contributed by atoms with van der Waals surface area (Å²) in [5.74, 6) is 1.30. The van der Waals surface area contributed by atoms with E-state index in [1.807, 2.05) is 85.8 Å². The molecule has 0 radical (unpaired) electrons. The maximum absolute atomic E-state index is 10.6. The number of hydrogen-bond donors (Lipinski definition) is 2. The second-order valence-electron chi connectivity index (χ2n) is 6.70. The van der Waals surface area contributed by atoms with Crippen LogP contribution in [-0.4, -0.2) is 17.8 Å². The highest BCUT2D eigenvalue weighted by atomic mass is 16.5. The summed E-state index contributed by atoms with van der Waals surface area (Å²) < 4.78 is 11.7. The van der Waals surface area contributed by atoms with E-state index >= 15 is 0 Å². The van der Waals surface area contributed by atoms with Gasteiger partial charge in [0.05, 0.1) is 18.8 Å². The van der Waals surface area contributed by atoms with Crippen LogP contribution in [0.2, 0.25) is 0 Å². The first-order valence-corrected chi connectivity index (χ1v) is 9.58. The Morgan fingerprint density at radius 1 is 0.821 bits per heavy atom. The number of hydrogen-bond acceptors (Lipinski definition) is 4. The van der Waals surface area contributed by atoms with E-state index in [9.17, 15) is 5.11 Å². The Morgan fingerprint density at radius 2 is 1.46 bits per heavy atom. The second kappa shape index (κ2) is 9.93. The lowest BCUT2D eigenvalue weighted by atomic mass is 9.96. The van der Waals surface area contributed by atoms with Crippen molar-refractivity contribution in [3.63, 3.8) is 0 Å². The third kappa shape index (κ3) is 5.35. The standard InChI is InChI=1S/C24H27NO3/c1-2-27-23-16-20(24(25)21(26)15-18-9-5-3-6-10-18)13-14-22(23)28-17-19-11-7-4-8-12-19/h3-14,16,21,24,26H,2,15,17,25H2,1H3/t21-,24+/m0/s1. The van der Waals surface area contributed by atoms with Crippen LogP contribution in [0.4, 0.5) is 0 Å². The van der Waals surface area contributed by atoms with Gasteiger partial charge in [-0.05, 0) is 35.7 Å². The molecule has 4 nitrogen and oxygen atoms in total. The topological polar surface area (TPSA) is 64.7 Å². The smallest absolute Gasteiger partial charge is 0.161 e. The zero-order chi connectivity index (χ0) is 19.8. The van der Waals surface area contributed by atoms with Gasteiger partial charge in [-0.25, -0.2) is 0 Å². The van der Waals surface area contributed by atoms with Crippen LogP contribution in [0, 0.1) is 0 Å². The molecule has 0 unspecified atom stereocenters. The lowest BCUT2D eigenvalue weighted by molar-refractivity contribution is 0.145. The maximum Gasteiger partial charge on any atom is 0.161 e. The normalized spacial score (nSPS) is 13.0. The molecule has 0 amide bonds. The third-order valence-corrected chi connectivity index (χ3v) is 4.59. The van der Waals surface area contributed by atoms with Gasteiger partial charge in [0.1, 0.15) is 6.61 Å². The summed E-state index contributed by atoms with van der Waals surface area (Å²) in [6.45, 7) is 2.91. The zero-order valence-electron chi connectivity index (χ0n) is 16.1. The third-order valence-electron chi connectivity index (χ3n) is 4.59. The quantitative estimate of drug-likeness (QED) is 0.585. The predicted molar refractivity (Wildman–Crippen MR) is 111 cm³/mol. The summed E-state index contributed by atoms with van der Waals surface area (Å²) in [4.78, 5) is 0. The summed E-state index contributed by atoms with van der Waals surface area (Å²) in [5.41, 5.74) is 9.28. The minimum atomic E-state index is -0.687. The zero-order valence-corrected chi connectivity index (χ0v) is 16.1. The van der Waals surface area contributed by atoms with Crippen LogP contribution >= 0.6 is 0 Å². The molecule has 0 aliphatic rings. The molecule has 0 bridgehead atoms. The van der Waals surface area contributed by atoms with E-state index in [0.29, 0.717) is 31.1 Å². The van der Waals surface area contributed by atoms with Crippen molar-refractivity contribution in [2.45, 2.75) is 32.1 Å². The van der Waals surface area contributed by atoms with Gasteiger partial charge < -0.3 is 20.3 Å². The van der Waals surface area contributed by atoms with E-state index in [1.165, 1.54) is 0 Å². The summed E-state index contributed by atoms with van der Waals surface area (Å²) in [6.07, 6.45) is -0.189. The average molecular weight is 377 g/mol. The molecule has 28 heavy (non-hydrogen) atoms. The van der Waals surface area contributed by atoms with Gasteiger partial charge >= 0.3 is 0 Å². The van der Waals surface area contributed by atoms with Gasteiger partial charge in [-0.2, -0.15) is 0 Å². The molecule has 0 saturated heterocycles. The molecule has 0 fully saturated rings. The first kappa shape index (κ1) is 19.9. The van der Waals surface area contributed by atoms with Crippen molar-refractivity contribution in [2.24, 2.45) is 5.73 Å². The Kier molecular flexibility index (Phi) is 7.06. The Balaban J connectivity index is 1.71. The van der Waals surface area contributed by atoms with Crippen LogP contribution in [-0.2, 0) is 13.0 Å². The van der Waals surface area contributed by atoms with E-state index in [-0.39, 0.29) is 0 Å². The molecule has 3 aromatic carbocycles. The van der Waals surface area contributed by atoms with Crippen molar-refractivity contribution in [3.05, 3.63) is 95.6 Å². The Bertz CT molecular complexity index is 852. The molecule has 3 N–H and O–H groups in total. The monoisotopic (exact) mass is 377 g/mol. The van der Waals surface area contributed by atoms with Crippen LogP contribution in [0.15, 0.2) is 78.9 Å². The summed E-state index contributed by atoms with van der Waals surface area (Å²) in [6, 6.07) is 24.9. The SMILES string of the molecule is CCOc1cc([C@@H](N)[C@@H](O)Cc2ccccc2)ccc1OCc1ccccc1. The minimum Gasteiger partial charge on any atom is -0.490 e. The fourth-order valence-corrected chi connectivity index (χ4v) is 3.06. The molecule has 0 aliphatic carbocycles. The lowest BCUT2D eigenvalue weighted by Crippen LogP contribution is -2.28. The van der Waals surface area contributed by atoms with Crippen molar-refractivity contribution in [2.75, 3.05) is 6.61 Å². The van der Waals surface area contributed by atoms with Gasteiger partial charge in [0.25, 0.3) is 0 Å². The first-order chi connectivity index (χ1) is 13.7. The molecular weight excluding hydrogens is 350 g/mol. The molecule has 146 valence electrons. The average Bonchev–Trinajstić information content (AvgIpc) is 2.74.